The fraction of sp³-hybridized carbons (Fsp3) is 0.350. The van der Waals surface area contributed by atoms with Gasteiger partial charge in [-0.3, -0.25) is 4.79 Å². The maximum absolute atomic E-state index is 12.3. The molecule has 1 aliphatic heterocycles. The Morgan fingerprint density at radius 3 is 2.84 bits per heavy atom. The Hall–Kier alpha value is -2.69. The number of rotatable bonds is 6. The quantitative estimate of drug-likeness (QED) is 0.878. The van der Waals surface area contributed by atoms with Crippen LogP contribution in [0.1, 0.15) is 23.1 Å². The van der Waals surface area contributed by atoms with Crippen molar-refractivity contribution in [2.45, 2.75) is 25.8 Å². The minimum atomic E-state index is -0.0440. The fourth-order valence-corrected chi connectivity index (χ4v) is 2.96. The van der Waals surface area contributed by atoms with Crippen LogP contribution in [-0.2, 0) is 24.2 Å². The Bertz CT molecular complexity index is 757. The van der Waals surface area contributed by atoms with E-state index in [1.807, 2.05) is 24.3 Å². The molecule has 1 heterocycles. The van der Waals surface area contributed by atoms with Crippen LogP contribution in [0.2, 0.25) is 0 Å². The van der Waals surface area contributed by atoms with E-state index in [1.165, 1.54) is 5.56 Å². The van der Waals surface area contributed by atoms with Gasteiger partial charge in [-0.25, -0.2) is 0 Å². The molecule has 0 spiro atoms. The molecule has 0 fully saturated rings. The molecule has 0 saturated carbocycles. The Morgan fingerprint density at radius 1 is 1.16 bits per heavy atom. The highest BCUT2D eigenvalue weighted by molar-refractivity contribution is 5.79. The number of hydrogen-bond acceptors (Lipinski definition) is 4. The molecule has 1 amide bonds. The van der Waals surface area contributed by atoms with Gasteiger partial charge >= 0.3 is 0 Å². The molecule has 25 heavy (non-hydrogen) atoms. The Balaban J connectivity index is 1.60. The highest BCUT2D eigenvalue weighted by Gasteiger charge is 2.12. The minimum Gasteiger partial charge on any atom is -0.497 e. The third-order valence-corrected chi connectivity index (χ3v) is 4.31. The summed E-state index contributed by atoms with van der Waals surface area (Å²) in [6, 6.07) is 11.6. The second-order valence-electron chi connectivity index (χ2n) is 6.03. The lowest BCUT2D eigenvalue weighted by Gasteiger charge is -2.18. The summed E-state index contributed by atoms with van der Waals surface area (Å²) in [6.45, 7) is 1.29. The van der Waals surface area contributed by atoms with Gasteiger partial charge in [-0.2, -0.15) is 0 Å². The zero-order valence-corrected chi connectivity index (χ0v) is 14.6. The van der Waals surface area contributed by atoms with Crippen LogP contribution in [0.15, 0.2) is 36.4 Å². The van der Waals surface area contributed by atoms with Gasteiger partial charge in [0.15, 0.2) is 0 Å². The first-order valence-corrected chi connectivity index (χ1v) is 8.42. The maximum atomic E-state index is 12.3. The number of fused-ring (bicyclic) bond motifs is 1. The van der Waals surface area contributed by atoms with Gasteiger partial charge in [0.1, 0.15) is 17.2 Å². The number of aryl methyl sites for hydroxylation is 1. The van der Waals surface area contributed by atoms with Crippen LogP contribution in [0.25, 0.3) is 0 Å². The Morgan fingerprint density at radius 2 is 2.04 bits per heavy atom. The number of ether oxygens (including phenoxy) is 3. The summed E-state index contributed by atoms with van der Waals surface area (Å²) >= 11 is 0. The number of carbonyl (C=O) groups excluding carboxylic acids is 1. The number of amides is 1. The lowest BCUT2D eigenvalue weighted by molar-refractivity contribution is -0.120. The van der Waals surface area contributed by atoms with Crippen LogP contribution in [-0.4, -0.2) is 26.7 Å². The summed E-state index contributed by atoms with van der Waals surface area (Å²) in [6.07, 6.45) is 2.33. The molecule has 0 saturated heterocycles. The normalized spacial score (nSPS) is 12.7. The van der Waals surface area contributed by atoms with Crippen LogP contribution >= 0.6 is 0 Å². The molecule has 0 radical (unpaired) electrons. The Labute approximate surface area is 147 Å². The van der Waals surface area contributed by atoms with Gasteiger partial charge in [0, 0.05) is 18.2 Å². The minimum absolute atomic E-state index is 0.0440. The highest BCUT2D eigenvalue weighted by atomic mass is 16.5. The monoisotopic (exact) mass is 341 g/mol. The van der Waals surface area contributed by atoms with Gasteiger partial charge in [0.05, 0.1) is 27.2 Å². The van der Waals surface area contributed by atoms with Crippen molar-refractivity contribution < 1.29 is 19.0 Å². The number of methoxy groups -OCH3 is 2. The molecule has 0 bridgehead atoms. The van der Waals surface area contributed by atoms with Crippen LogP contribution in [0, 0.1) is 0 Å². The molecule has 1 aliphatic rings. The molecule has 2 aromatic carbocycles. The van der Waals surface area contributed by atoms with Crippen molar-refractivity contribution >= 4 is 5.91 Å². The van der Waals surface area contributed by atoms with Gasteiger partial charge in [-0.1, -0.05) is 18.2 Å². The van der Waals surface area contributed by atoms with Gasteiger partial charge in [0.25, 0.3) is 0 Å². The van der Waals surface area contributed by atoms with E-state index in [1.54, 1.807) is 20.3 Å². The van der Waals surface area contributed by atoms with Crippen LogP contribution < -0.4 is 19.5 Å². The third kappa shape index (κ3) is 4.24. The molecule has 0 unspecified atom stereocenters. The summed E-state index contributed by atoms with van der Waals surface area (Å²) in [7, 11) is 3.19. The average molecular weight is 341 g/mol. The van der Waals surface area contributed by atoms with Gasteiger partial charge in [0.2, 0.25) is 5.91 Å². The van der Waals surface area contributed by atoms with E-state index in [4.69, 9.17) is 14.2 Å². The van der Waals surface area contributed by atoms with E-state index in [0.29, 0.717) is 18.0 Å². The number of carbonyl (C=O) groups is 1. The summed E-state index contributed by atoms with van der Waals surface area (Å²) in [4.78, 5) is 12.3. The van der Waals surface area contributed by atoms with Crippen molar-refractivity contribution in [2.24, 2.45) is 0 Å². The Kier molecular flexibility index (Phi) is 5.43. The molecular weight excluding hydrogens is 318 g/mol. The number of benzene rings is 2. The molecular formula is C20H23NO4. The molecule has 3 rings (SSSR count). The maximum Gasteiger partial charge on any atom is 0.224 e. The van der Waals surface area contributed by atoms with Gasteiger partial charge in [-0.15, -0.1) is 0 Å². The summed E-state index contributed by atoms with van der Waals surface area (Å²) in [5.74, 6) is 2.28. The van der Waals surface area contributed by atoms with Crippen LogP contribution in [0.5, 0.6) is 17.2 Å². The average Bonchev–Trinajstić information content (AvgIpc) is 2.66. The standard InChI is InChI=1S/C20H23NO4/c1-23-17-7-6-16(19(12-17)24-2)11-20(22)21-13-14-5-8-18-15(10-14)4-3-9-25-18/h5-8,10,12H,3-4,9,11,13H2,1-2H3,(H,21,22). The van der Waals surface area contributed by atoms with Gasteiger partial charge < -0.3 is 19.5 Å². The van der Waals surface area contributed by atoms with Crippen molar-refractivity contribution in [3.63, 3.8) is 0 Å². The molecule has 2 aromatic rings. The predicted molar refractivity (Wildman–Crippen MR) is 95.4 cm³/mol. The lowest BCUT2D eigenvalue weighted by Crippen LogP contribution is -2.25. The second kappa shape index (κ2) is 7.92. The van der Waals surface area contributed by atoms with E-state index in [9.17, 15) is 4.79 Å². The predicted octanol–water partition coefficient (Wildman–Crippen LogP) is 2.89. The SMILES string of the molecule is COc1ccc(CC(=O)NCc2ccc3c(c2)CCCO3)c(OC)c1. The van der Waals surface area contributed by atoms with E-state index < -0.39 is 0 Å². The summed E-state index contributed by atoms with van der Waals surface area (Å²) in [5, 5.41) is 2.97. The smallest absolute Gasteiger partial charge is 0.224 e. The number of hydrogen-bond donors (Lipinski definition) is 1. The van der Waals surface area contributed by atoms with E-state index in [-0.39, 0.29) is 12.3 Å². The topological polar surface area (TPSA) is 56.8 Å². The van der Waals surface area contributed by atoms with Crippen molar-refractivity contribution in [1.82, 2.24) is 5.32 Å². The van der Waals surface area contributed by atoms with Crippen molar-refractivity contribution in [2.75, 3.05) is 20.8 Å². The molecule has 1 N–H and O–H groups in total. The lowest BCUT2D eigenvalue weighted by atomic mass is 10.0. The molecule has 5 nitrogen and oxygen atoms in total. The third-order valence-electron chi connectivity index (χ3n) is 4.31. The molecule has 132 valence electrons. The van der Waals surface area contributed by atoms with E-state index in [0.717, 1.165) is 36.3 Å². The first kappa shape index (κ1) is 17.1. The zero-order valence-electron chi connectivity index (χ0n) is 14.6. The molecule has 0 aliphatic carbocycles. The van der Waals surface area contributed by atoms with Gasteiger partial charge in [-0.05, 0) is 36.1 Å². The van der Waals surface area contributed by atoms with Crippen LogP contribution in [0.3, 0.4) is 0 Å². The molecule has 0 atom stereocenters. The van der Waals surface area contributed by atoms with E-state index >= 15 is 0 Å². The van der Waals surface area contributed by atoms with Crippen molar-refractivity contribution in [3.05, 3.63) is 53.1 Å². The highest BCUT2D eigenvalue weighted by Crippen LogP contribution is 2.26. The molecule has 0 aromatic heterocycles. The second-order valence-corrected chi connectivity index (χ2v) is 6.03. The van der Waals surface area contributed by atoms with Crippen molar-refractivity contribution in [3.8, 4) is 17.2 Å². The van der Waals surface area contributed by atoms with E-state index in [2.05, 4.69) is 11.4 Å². The van der Waals surface area contributed by atoms with Crippen LogP contribution in [0.4, 0.5) is 0 Å². The number of nitrogens with one attached hydrogen (secondary N) is 1. The summed E-state index contributed by atoms with van der Waals surface area (Å²) < 4.78 is 16.1. The first-order chi connectivity index (χ1) is 12.2. The molecule has 5 heteroatoms. The first-order valence-electron chi connectivity index (χ1n) is 8.42. The van der Waals surface area contributed by atoms with Crippen molar-refractivity contribution in [1.29, 1.82) is 0 Å². The fourth-order valence-electron chi connectivity index (χ4n) is 2.96. The zero-order chi connectivity index (χ0) is 17.6. The summed E-state index contributed by atoms with van der Waals surface area (Å²) in [5.41, 5.74) is 3.13. The largest absolute Gasteiger partial charge is 0.497 e.